The molecule has 0 spiro atoms. The van der Waals surface area contributed by atoms with E-state index in [-0.39, 0.29) is 0 Å². The molecule has 0 aromatic heterocycles. The van der Waals surface area contributed by atoms with Crippen LogP contribution in [-0.2, 0) is 4.79 Å². The maximum Gasteiger partial charge on any atom is 0.303 e. The summed E-state index contributed by atoms with van der Waals surface area (Å²) < 4.78 is 0. The van der Waals surface area contributed by atoms with Crippen molar-refractivity contribution < 1.29 is 9.90 Å². The molecular formula is C21H40O2S3. The van der Waals surface area contributed by atoms with E-state index in [0.717, 1.165) is 25.0 Å². The van der Waals surface area contributed by atoms with Crippen LogP contribution in [0.2, 0.25) is 0 Å². The molecule has 5 heteroatoms. The van der Waals surface area contributed by atoms with Crippen LogP contribution in [0.25, 0.3) is 0 Å². The molecule has 0 bridgehead atoms. The second-order valence-corrected chi connectivity index (χ2v) is 8.88. The minimum atomic E-state index is -0.671. The Balaban J connectivity index is 3.20. The summed E-state index contributed by atoms with van der Waals surface area (Å²) in [5, 5.41) is 9.25. The Kier molecular flexibility index (Phi) is 20.2. The summed E-state index contributed by atoms with van der Waals surface area (Å²) >= 11 is 13.3. The molecule has 0 fully saturated rings. The molecule has 2 atom stereocenters. The van der Waals surface area contributed by atoms with Gasteiger partial charge in [-0.05, 0) is 38.5 Å². The van der Waals surface area contributed by atoms with Crippen LogP contribution in [0.1, 0.15) is 96.3 Å². The fourth-order valence-corrected chi connectivity index (χ4v) is 3.80. The standard InChI is InChI=1S/C21H40O2S3/c22-21(23)17-15-13-11-9-7-5-3-1-2-4-6-8-10-12-14-16-19(25)20(26)18-24/h1,3,19-20,24-26H,2,4-18H2,(H,22,23). The first-order chi connectivity index (χ1) is 12.6. The Labute approximate surface area is 178 Å². The molecule has 0 aromatic carbocycles. The number of aliphatic carboxylic acids is 1. The van der Waals surface area contributed by atoms with Crippen LogP contribution in [0, 0.1) is 0 Å². The van der Waals surface area contributed by atoms with Gasteiger partial charge in [-0.2, -0.15) is 37.9 Å². The van der Waals surface area contributed by atoms with Gasteiger partial charge < -0.3 is 5.11 Å². The SMILES string of the molecule is O=C(O)CCCCCCCC=CCCCCCCCCC(S)C(S)CS. The number of hydrogen-bond donors (Lipinski definition) is 4. The number of rotatable bonds is 19. The zero-order valence-electron chi connectivity index (χ0n) is 16.3. The summed E-state index contributed by atoms with van der Waals surface area (Å²) in [7, 11) is 0. The van der Waals surface area contributed by atoms with Gasteiger partial charge >= 0.3 is 5.97 Å². The second-order valence-electron chi connectivity index (χ2n) is 7.19. The van der Waals surface area contributed by atoms with Gasteiger partial charge in [-0.1, -0.05) is 63.5 Å². The van der Waals surface area contributed by atoms with Crippen LogP contribution >= 0.6 is 37.9 Å². The average molecular weight is 421 g/mol. The van der Waals surface area contributed by atoms with Gasteiger partial charge in [-0.15, -0.1) is 0 Å². The lowest BCUT2D eigenvalue weighted by Gasteiger charge is -2.15. The van der Waals surface area contributed by atoms with Crippen molar-refractivity contribution in [2.24, 2.45) is 0 Å². The van der Waals surface area contributed by atoms with Crippen LogP contribution < -0.4 is 0 Å². The lowest BCUT2D eigenvalue weighted by molar-refractivity contribution is -0.137. The number of allylic oxidation sites excluding steroid dienone is 2. The number of carbonyl (C=O) groups is 1. The molecule has 154 valence electrons. The van der Waals surface area contributed by atoms with Crippen LogP contribution in [-0.4, -0.2) is 27.3 Å². The lowest BCUT2D eigenvalue weighted by atomic mass is 10.1. The Hall–Kier alpha value is 0.260. The number of hydrogen-bond acceptors (Lipinski definition) is 4. The fourth-order valence-electron chi connectivity index (χ4n) is 2.94. The molecule has 0 aromatic rings. The van der Waals surface area contributed by atoms with Crippen molar-refractivity contribution in [2.75, 3.05) is 5.75 Å². The molecule has 0 radical (unpaired) electrons. The first kappa shape index (κ1) is 26.3. The molecule has 2 unspecified atom stereocenters. The van der Waals surface area contributed by atoms with Crippen LogP contribution in [0.15, 0.2) is 12.2 Å². The van der Waals surface area contributed by atoms with Gasteiger partial charge in [-0.25, -0.2) is 0 Å². The molecule has 2 nitrogen and oxygen atoms in total. The van der Waals surface area contributed by atoms with E-state index in [4.69, 9.17) is 5.11 Å². The third-order valence-corrected chi connectivity index (χ3v) is 6.76. The first-order valence-electron chi connectivity index (χ1n) is 10.4. The highest BCUT2D eigenvalue weighted by atomic mass is 32.1. The van der Waals surface area contributed by atoms with E-state index in [0.29, 0.717) is 16.9 Å². The molecule has 0 saturated heterocycles. The predicted molar refractivity (Wildman–Crippen MR) is 125 cm³/mol. The summed E-state index contributed by atoms with van der Waals surface area (Å²) in [6, 6.07) is 0. The zero-order valence-corrected chi connectivity index (χ0v) is 19.0. The monoisotopic (exact) mass is 420 g/mol. The lowest BCUT2D eigenvalue weighted by Crippen LogP contribution is -2.16. The summed E-state index contributed by atoms with van der Waals surface area (Å²) in [6.45, 7) is 0. The third kappa shape index (κ3) is 19.0. The molecule has 26 heavy (non-hydrogen) atoms. The van der Waals surface area contributed by atoms with E-state index < -0.39 is 5.97 Å². The van der Waals surface area contributed by atoms with Gasteiger partial charge in [0, 0.05) is 22.7 Å². The van der Waals surface area contributed by atoms with E-state index in [2.05, 4.69) is 50.0 Å². The second kappa shape index (κ2) is 20.0. The molecule has 0 aliphatic rings. The minimum Gasteiger partial charge on any atom is -0.481 e. The van der Waals surface area contributed by atoms with E-state index in [1.165, 1.54) is 70.6 Å². The van der Waals surface area contributed by atoms with E-state index in [9.17, 15) is 4.79 Å². The van der Waals surface area contributed by atoms with Crippen molar-refractivity contribution in [1.82, 2.24) is 0 Å². The van der Waals surface area contributed by atoms with Gasteiger partial charge in [0.25, 0.3) is 0 Å². The normalized spacial score (nSPS) is 14.0. The zero-order chi connectivity index (χ0) is 19.5. The number of unbranched alkanes of at least 4 members (excludes halogenated alkanes) is 11. The highest BCUT2D eigenvalue weighted by molar-refractivity contribution is 7.87. The van der Waals surface area contributed by atoms with Crippen molar-refractivity contribution in [3.63, 3.8) is 0 Å². The Morgan fingerprint density at radius 3 is 1.69 bits per heavy atom. The van der Waals surface area contributed by atoms with Gasteiger partial charge in [0.2, 0.25) is 0 Å². The molecule has 0 amide bonds. The smallest absolute Gasteiger partial charge is 0.303 e. The molecule has 0 rings (SSSR count). The highest BCUT2D eigenvalue weighted by Crippen LogP contribution is 2.18. The number of carboxylic acid groups (broad SMARTS) is 1. The molecule has 0 aliphatic carbocycles. The fraction of sp³-hybridized carbons (Fsp3) is 0.857. The first-order valence-corrected chi connectivity index (χ1v) is 12.1. The maximum absolute atomic E-state index is 10.4. The van der Waals surface area contributed by atoms with Crippen LogP contribution in [0.4, 0.5) is 0 Å². The largest absolute Gasteiger partial charge is 0.481 e. The third-order valence-electron chi connectivity index (χ3n) is 4.68. The predicted octanol–water partition coefficient (Wildman–Crippen LogP) is 7.01. The van der Waals surface area contributed by atoms with Crippen LogP contribution in [0.5, 0.6) is 0 Å². The van der Waals surface area contributed by atoms with Gasteiger partial charge in [-0.3, -0.25) is 4.79 Å². The highest BCUT2D eigenvalue weighted by Gasteiger charge is 2.11. The number of thiol groups is 3. The van der Waals surface area contributed by atoms with E-state index in [1.807, 2.05) is 0 Å². The molecule has 0 heterocycles. The van der Waals surface area contributed by atoms with Crippen molar-refractivity contribution in [2.45, 2.75) is 107 Å². The van der Waals surface area contributed by atoms with Crippen molar-refractivity contribution in [1.29, 1.82) is 0 Å². The number of carboxylic acids is 1. The Bertz CT molecular complexity index is 348. The van der Waals surface area contributed by atoms with Gasteiger partial charge in [0.1, 0.15) is 0 Å². The summed E-state index contributed by atoms with van der Waals surface area (Å²) in [5.41, 5.74) is 0. The summed E-state index contributed by atoms with van der Waals surface area (Å²) in [6.07, 6.45) is 21.9. The van der Waals surface area contributed by atoms with Crippen LogP contribution in [0.3, 0.4) is 0 Å². The van der Waals surface area contributed by atoms with Crippen molar-refractivity contribution in [3.8, 4) is 0 Å². The van der Waals surface area contributed by atoms with E-state index in [1.54, 1.807) is 0 Å². The maximum atomic E-state index is 10.4. The summed E-state index contributed by atoms with van der Waals surface area (Å²) in [5.74, 6) is 0.132. The van der Waals surface area contributed by atoms with Gasteiger partial charge in [0.05, 0.1) is 0 Å². The van der Waals surface area contributed by atoms with Crippen molar-refractivity contribution >= 4 is 43.9 Å². The van der Waals surface area contributed by atoms with E-state index >= 15 is 0 Å². The molecule has 0 saturated carbocycles. The quantitative estimate of drug-likeness (QED) is 0.103. The van der Waals surface area contributed by atoms with Gasteiger partial charge in [0.15, 0.2) is 0 Å². The molecule has 1 N–H and O–H groups in total. The molecule has 0 aliphatic heterocycles. The average Bonchev–Trinajstić information content (AvgIpc) is 2.63. The summed E-state index contributed by atoms with van der Waals surface area (Å²) in [4.78, 5) is 10.4. The minimum absolute atomic E-state index is 0.311. The topological polar surface area (TPSA) is 37.3 Å². The Morgan fingerprint density at radius 2 is 1.19 bits per heavy atom. The Morgan fingerprint density at radius 1 is 0.731 bits per heavy atom. The van der Waals surface area contributed by atoms with Crippen molar-refractivity contribution in [3.05, 3.63) is 12.2 Å². The molecular weight excluding hydrogens is 380 g/mol.